The van der Waals surface area contributed by atoms with Crippen molar-refractivity contribution in [3.05, 3.63) is 36.3 Å². The number of rotatable bonds is 2. The van der Waals surface area contributed by atoms with Gasteiger partial charge in [0.25, 0.3) is 0 Å². The molecule has 1 aliphatic rings. The Morgan fingerprint density at radius 1 is 1.10 bits per heavy atom. The van der Waals surface area contributed by atoms with Crippen LogP contribution in [0.1, 0.15) is 19.3 Å². The number of nitrogen functional groups attached to an aromatic ring is 1. The van der Waals surface area contributed by atoms with E-state index < -0.39 is 0 Å². The van der Waals surface area contributed by atoms with Gasteiger partial charge in [-0.25, -0.2) is 14.4 Å². The summed E-state index contributed by atoms with van der Waals surface area (Å²) in [7, 11) is 0. The van der Waals surface area contributed by atoms with Gasteiger partial charge in [-0.1, -0.05) is 6.07 Å². The molecule has 0 radical (unpaired) electrons. The first-order valence-corrected chi connectivity index (χ1v) is 6.87. The van der Waals surface area contributed by atoms with Crippen molar-refractivity contribution in [2.45, 2.75) is 19.3 Å². The third-order valence-corrected chi connectivity index (χ3v) is 3.61. The Bertz CT molecular complexity index is 609. The average Bonchev–Trinajstić information content (AvgIpc) is 2.48. The summed E-state index contributed by atoms with van der Waals surface area (Å²) in [5, 5.41) is 0. The molecular formula is C15H17FN4. The standard InChI is InChI=1S/C15H17FN4/c16-12-10-11(13-6-7-18-15(17)19-13)4-5-14(12)20-8-2-1-3-9-20/h4-7,10H,1-3,8-9H2,(H2,17,18,19). The Labute approximate surface area is 117 Å². The van der Waals surface area contributed by atoms with Gasteiger partial charge >= 0.3 is 0 Å². The van der Waals surface area contributed by atoms with Crippen LogP contribution in [-0.4, -0.2) is 23.1 Å². The highest BCUT2D eigenvalue weighted by molar-refractivity contribution is 5.64. The van der Waals surface area contributed by atoms with Crippen molar-refractivity contribution in [2.24, 2.45) is 0 Å². The molecule has 0 bridgehead atoms. The van der Waals surface area contributed by atoms with E-state index in [9.17, 15) is 4.39 Å². The molecule has 0 spiro atoms. The lowest BCUT2D eigenvalue weighted by Crippen LogP contribution is -2.30. The summed E-state index contributed by atoms with van der Waals surface area (Å²) in [6.07, 6.45) is 5.07. The number of nitrogens with zero attached hydrogens (tertiary/aromatic N) is 3. The summed E-state index contributed by atoms with van der Waals surface area (Å²) in [5.41, 5.74) is 7.59. The lowest BCUT2D eigenvalue weighted by molar-refractivity contribution is 0.557. The predicted molar refractivity (Wildman–Crippen MR) is 77.9 cm³/mol. The molecule has 0 saturated carbocycles. The van der Waals surface area contributed by atoms with Crippen molar-refractivity contribution in [3.8, 4) is 11.3 Å². The minimum atomic E-state index is -0.207. The molecule has 1 saturated heterocycles. The highest BCUT2D eigenvalue weighted by Gasteiger charge is 2.15. The van der Waals surface area contributed by atoms with E-state index >= 15 is 0 Å². The van der Waals surface area contributed by atoms with Gasteiger partial charge in [-0.3, -0.25) is 0 Å². The number of hydrogen-bond acceptors (Lipinski definition) is 4. The van der Waals surface area contributed by atoms with E-state index in [4.69, 9.17) is 5.73 Å². The highest BCUT2D eigenvalue weighted by Crippen LogP contribution is 2.27. The van der Waals surface area contributed by atoms with E-state index in [0.717, 1.165) is 31.5 Å². The number of anilines is 2. The van der Waals surface area contributed by atoms with Gasteiger partial charge in [0.1, 0.15) is 5.82 Å². The van der Waals surface area contributed by atoms with Gasteiger partial charge < -0.3 is 10.6 Å². The molecule has 5 heteroatoms. The van der Waals surface area contributed by atoms with Gasteiger partial charge in [0.05, 0.1) is 11.4 Å². The van der Waals surface area contributed by atoms with Crippen LogP contribution in [0.25, 0.3) is 11.3 Å². The minimum absolute atomic E-state index is 0.197. The topological polar surface area (TPSA) is 55.0 Å². The number of halogens is 1. The van der Waals surface area contributed by atoms with Crippen LogP contribution in [0.3, 0.4) is 0 Å². The van der Waals surface area contributed by atoms with Crippen molar-refractivity contribution in [3.63, 3.8) is 0 Å². The van der Waals surface area contributed by atoms with Gasteiger partial charge in [-0.2, -0.15) is 0 Å². The monoisotopic (exact) mass is 272 g/mol. The molecule has 3 rings (SSSR count). The van der Waals surface area contributed by atoms with Crippen molar-refractivity contribution in [2.75, 3.05) is 23.7 Å². The van der Waals surface area contributed by atoms with Crippen LogP contribution in [0.15, 0.2) is 30.5 Å². The Hall–Kier alpha value is -2.17. The summed E-state index contributed by atoms with van der Waals surface area (Å²) in [4.78, 5) is 10.1. The van der Waals surface area contributed by atoms with Crippen LogP contribution < -0.4 is 10.6 Å². The molecule has 2 aromatic rings. The number of benzene rings is 1. The zero-order valence-corrected chi connectivity index (χ0v) is 11.2. The molecule has 2 N–H and O–H groups in total. The van der Waals surface area contributed by atoms with Crippen molar-refractivity contribution < 1.29 is 4.39 Å². The predicted octanol–water partition coefficient (Wildman–Crippen LogP) is 2.86. The Morgan fingerprint density at radius 3 is 2.60 bits per heavy atom. The number of piperidine rings is 1. The molecule has 0 amide bonds. The third-order valence-electron chi connectivity index (χ3n) is 3.61. The number of nitrogens with two attached hydrogens (primary N) is 1. The second-order valence-electron chi connectivity index (χ2n) is 5.01. The molecule has 1 aliphatic heterocycles. The average molecular weight is 272 g/mol. The van der Waals surface area contributed by atoms with Gasteiger partial charge in [0, 0.05) is 24.8 Å². The SMILES string of the molecule is Nc1nccc(-c2ccc(N3CCCCC3)c(F)c2)n1. The molecule has 1 aromatic carbocycles. The maximum absolute atomic E-state index is 14.3. The van der Waals surface area contributed by atoms with E-state index in [1.165, 1.54) is 12.5 Å². The fourth-order valence-electron chi connectivity index (χ4n) is 2.59. The summed E-state index contributed by atoms with van der Waals surface area (Å²) in [6, 6.07) is 6.96. The smallest absolute Gasteiger partial charge is 0.220 e. The third kappa shape index (κ3) is 2.57. The van der Waals surface area contributed by atoms with E-state index in [2.05, 4.69) is 14.9 Å². The Balaban J connectivity index is 1.90. The molecule has 0 aliphatic carbocycles. The van der Waals surface area contributed by atoms with Gasteiger partial charge in [-0.15, -0.1) is 0 Å². The second-order valence-corrected chi connectivity index (χ2v) is 5.01. The minimum Gasteiger partial charge on any atom is -0.369 e. The molecular weight excluding hydrogens is 255 g/mol. The van der Waals surface area contributed by atoms with Crippen LogP contribution in [0.2, 0.25) is 0 Å². The molecule has 0 atom stereocenters. The van der Waals surface area contributed by atoms with E-state index in [0.29, 0.717) is 11.4 Å². The fraction of sp³-hybridized carbons (Fsp3) is 0.333. The lowest BCUT2D eigenvalue weighted by Gasteiger charge is -2.29. The largest absolute Gasteiger partial charge is 0.369 e. The first kappa shape index (κ1) is 12.8. The van der Waals surface area contributed by atoms with Crippen LogP contribution >= 0.6 is 0 Å². The summed E-state index contributed by atoms with van der Waals surface area (Å²) in [5.74, 6) is -0.00963. The van der Waals surface area contributed by atoms with Crippen molar-refractivity contribution in [1.29, 1.82) is 0 Å². The van der Waals surface area contributed by atoms with Crippen LogP contribution in [0.4, 0.5) is 16.0 Å². The Kier molecular flexibility index (Phi) is 3.50. The van der Waals surface area contributed by atoms with Crippen LogP contribution in [0, 0.1) is 5.82 Å². The molecule has 20 heavy (non-hydrogen) atoms. The number of hydrogen-bond donors (Lipinski definition) is 1. The quantitative estimate of drug-likeness (QED) is 0.913. The van der Waals surface area contributed by atoms with Crippen LogP contribution in [-0.2, 0) is 0 Å². The van der Waals surface area contributed by atoms with E-state index in [1.54, 1.807) is 12.3 Å². The van der Waals surface area contributed by atoms with E-state index in [-0.39, 0.29) is 11.8 Å². The zero-order chi connectivity index (χ0) is 13.9. The first-order valence-electron chi connectivity index (χ1n) is 6.87. The maximum atomic E-state index is 14.3. The lowest BCUT2D eigenvalue weighted by atomic mass is 10.1. The molecule has 104 valence electrons. The van der Waals surface area contributed by atoms with Crippen molar-refractivity contribution in [1.82, 2.24) is 9.97 Å². The molecule has 1 aromatic heterocycles. The molecule has 0 unspecified atom stereocenters. The highest BCUT2D eigenvalue weighted by atomic mass is 19.1. The fourth-order valence-corrected chi connectivity index (χ4v) is 2.59. The zero-order valence-electron chi connectivity index (χ0n) is 11.2. The molecule has 1 fully saturated rings. The summed E-state index contributed by atoms with van der Waals surface area (Å²) < 4.78 is 14.3. The van der Waals surface area contributed by atoms with Crippen LogP contribution in [0.5, 0.6) is 0 Å². The van der Waals surface area contributed by atoms with Gasteiger partial charge in [-0.05, 0) is 37.5 Å². The van der Waals surface area contributed by atoms with E-state index in [1.807, 2.05) is 12.1 Å². The molecule has 2 heterocycles. The van der Waals surface area contributed by atoms with Gasteiger partial charge in [0.15, 0.2) is 0 Å². The number of aromatic nitrogens is 2. The first-order chi connectivity index (χ1) is 9.74. The maximum Gasteiger partial charge on any atom is 0.220 e. The Morgan fingerprint density at radius 2 is 1.90 bits per heavy atom. The summed E-state index contributed by atoms with van der Waals surface area (Å²) >= 11 is 0. The van der Waals surface area contributed by atoms with Crippen molar-refractivity contribution >= 4 is 11.6 Å². The molecule has 4 nitrogen and oxygen atoms in total. The summed E-state index contributed by atoms with van der Waals surface area (Å²) in [6.45, 7) is 1.85. The van der Waals surface area contributed by atoms with Gasteiger partial charge in [0.2, 0.25) is 5.95 Å². The second kappa shape index (κ2) is 5.45. The normalized spacial score (nSPS) is 15.3.